The van der Waals surface area contributed by atoms with E-state index in [1.807, 2.05) is 5.38 Å². The summed E-state index contributed by atoms with van der Waals surface area (Å²) in [5.41, 5.74) is 7.90. The molecular weight excluding hydrogens is 288 g/mol. The van der Waals surface area contributed by atoms with Gasteiger partial charge in [0.05, 0.1) is 16.3 Å². The summed E-state index contributed by atoms with van der Waals surface area (Å²) in [5.74, 6) is 0. The van der Waals surface area contributed by atoms with Crippen molar-refractivity contribution in [2.75, 3.05) is 23.7 Å². The third-order valence-electron chi connectivity index (χ3n) is 3.65. The Kier molecular flexibility index (Phi) is 4.21. The molecule has 1 aliphatic rings. The summed E-state index contributed by atoms with van der Waals surface area (Å²) in [4.78, 5) is 12.9. The number of aryl methyl sites for hydroxylation is 1. The molecule has 1 fully saturated rings. The van der Waals surface area contributed by atoms with Crippen molar-refractivity contribution in [1.82, 2.24) is 9.97 Å². The van der Waals surface area contributed by atoms with Crippen LogP contribution in [0.25, 0.3) is 10.6 Å². The number of rotatable bonds is 3. The summed E-state index contributed by atoms with van der Waals surface area (Å²) in [5, 5.41) is 3.82. The van der Waals surface area contributed by atoms with Crippen molar-refractivity contribution in [2.45, 2.75) is 39.0 Å². The first-order valence-electron chi connectivity index (χ1n) is 7.24. The highest BCUT2D eigenvalue weighted by Crippen LogP contribution is 2.36. The highest BCUT2D eigenvalue weighted by Gasteiger charge is 2.19. The van der Waals surface area contributed by atoms with E-state index in [2.05, 4.69) is 16.8 Å². The second-order valence-corrected chi connectivity index (χ2v) is 6.97. The fourth-order valence-electron chi connectivity index (χ4n) is 2.57. The molecule has 2 N–H and O–H groups in total. The lowest BCUT2D eigenvalue weighted by atomic mass is 10.2. The van der Waals surface area contributed by atoms with Gasteiger partial charge in [0.1, 0.15) is 0 Å². The lowest BCUT2D eigenvalue weighted by Gasteiger charge is -2.18. The van der Waals surface area contributed by atoms with Gasteiger partial charge in [-0.3, -0.25) is 0 Å². The Labute approximate surface area is 127 Å². The topological polar surface area (TPSA) is 55.0 Å². The summed E-state index contributed by atoms with van der Waals surface area (Å²) in [7, 11) is 0. The number of hydrogen-bond donors (Lipinski definition) is 1. The molecule has 0 atom stereocenters. The van der Waals surface area contributed by atoms with E-state index in [0.29, 0.717) is 5.13 Å². The van der Waals surface area contributed by atoms with Gasteiger partial charge >= 0.3 is 0 Å². The molecule has 1 saturated heterocycles. The van der Waals surface area contributed by atoms with Crippen molar-refractivity contribution in [3.8, 4) is 10.6 Å². The van der Waals surface area contributed by atoms with Gasteiger partial charge in [0, 0.05) is 18.5 Å². The molecule has 2 aromatic rings. The first-order valence-corrected chi connectivity index (χ1v) is 8.93. The number of hydrogen-bond acceptors (Lipinski definition) is 6. The Morgan fingerprint density at radius 3 is 2.55 bits per heavy atom. The van der Waals surface area contributed by atoms with Crippen LogP contribution in [0.3, 0.4) is 0 Å². The molecule has 20 heavy (non-hydrogen) atoms. The number of nitrogens with two attached hydrogens (primary N) is 1. The van der Waals surface area contributed by atoms with Gasteiger partial charge in [0.15, 0.2) is 10.3 Å². The van der Waals surface area contributed by atoms with Crippen molar-refractivity contribution in [2.24, 2.45) is 0 Å². The van der Waals surface area contributed by atoms with Crippen LogP contribution in [0.2, 0.25) is 0 Å². The number of thiazole rings is 2. The molecule has 2 aromatic heterocycles. The molecule has 0 radical (unpaired) electrons. The first-order chi connectivity index (χ1) is 9.78. The second-order valence-electron chi connectivity index (χ2n) is 5.10. The van der Waals surface area contributed by atoms with Gasteiger partial charge in [0.25, 0.3) is 0 Å². The number of nitrogen functional groups attached to an aromatic ring is 1. The average molecular weight is 308 g/mol. The van der Waals surface area contributed by atoms with Crippen molar-refractivity contribution in [3.63, 3.8) is 0 Å². The zero-order valence-corrected chi connectivity index (χ0v) is 13.4. The van der Waals surface area contributed by atoms with Crippen molar-refractivity contribution < 1.29 is 0 Å². The van der Waals surface area contributed by atoms with Gasteiger partial charge in [-0.25, -0.2) is 9.97 Å². The van der Waals surface area contributed by atoms with Crippen LogP contribution in [-0.4, -0.2) is 23.1 Å². The molecule has 0 aromatic carbocycles. The molecule has 0 spiro atoms. The molecule has 6 heteroatoms. The molecule has 0 aliphatic carbocycles. The molecule has 0 bridgehead atoms. The Bertz CT molecular complexity index is 567. The summed E-state index contributed by atoms with van der Waals surface area (Å²) < 4.78 is 0. The van der Waals surface area contributed by atoms with Crippen LogP contribution in [0, 0.1) is 0 Å². The number of aromatic nitrogens is 2. The maximum absolute atomic E-state index is 5.76. The standard InChI is InChI=1S/C14H20N4S2/c1-2-10-12(11-9-19-13(15)16-11)20-14(17-10)18-7-5-3-4-6-8-18/h9H,2-8H2,1H3,(H2,15,16). The van der Waals surface area contributed by atoms with Gasteiger partial charge in [-0.1, -0.05) is 31.1 Å². The predicted octanol–water partition coefficient (Wildman–Crippen LogP) is 3.79. The normalized spacial score (nSPS) is 16.4. The van der Waals surface area contributed by atoms with E-state index in [9.17, 15) is 0 Å². The fraction of sp³-hybridized carbons (Fsp3) is 0.571. The molecule has 108 valence electrons. The van der Waals surface area contributed by atoms with Crippen LogP contribution in [-0.2, 0) is 6.42 Å². The van der Waals surface area contributed by atoms with Gasteiger partial charge in [-0.05, 0) is 19.3 Å². The minimum atomic E-state index is 0.631. The second kappa shape index (κ2) is 6.10. The summed E-state index contributed by atoms with van der Waals surface area (Å²) in [6.45, 7) is 4.42. The molecule has 3 rings (SSSR count). The van der Waals surface area contributed by atoms with E-state index in [1.54, 1.807) is 11.3 Å². The molecular formula is C14H20N4S2. The first kappa shape index (κ1) is 13.8. The maximum atomic E-state index is 5.76. The van der Waals surface area contributed by atoms with Crippen molar-refractivity contribution in [3.05, 3.63) is 11.1 Å². The average Bonchev–Trinajstić information content (AvgIpc) is 2.97. The van der Waals surface area contributed by atoms with Crippen molar-refractivity contribution in [1.29, 1.82) is 0 Å². The zero-order chi connectivity index (χ0) is 13.9. The molecule has 0 amide bonds. The fourth-order valence-corrected chi connectivity index (χ4v) is 4.36. The predicted molar refractivity (Wildman–Crippen MR) is 87.7 cm³/mol. The summed E-state index contributed by atoms with van der Waals surface area (Å²) >= 11 is 3.27. The van der Waals surface area contributed by atoms with E-state index < -0.39 is 0 Å². The minimum Gasteiger partial charge on any atom is -0.375 e. The lowest BCUT2D eigenvalue weighted by Crippen LogP contribution is -2.23. The number of nitrogens with zero attached hydrogens (tertiary/aromatic N) is 3. The van der Waals surface area contributed by atoms with E-state index in [0.717, 1.165) is 36.0 Å². The summed E-state index contributed by atoms with van der Waals surface area (Å²) in [6.07, 6.45) is 6.19. The molecule has 1 aliphatic heterocycles. The Hall–Kier alpha value is -1.14. The quantitative estimate of drug-likeness (QED) is 0.937. The van der Waals surface area contributed by atoms with Crippen LogP contribution < -0.4 is 10.6 Å². The molecule has 0 saturated carbocycles. The van der Waals surface area contributed by atoms with E-state index >= 15 is 0 Å². The molecule has 4 nitrogen and oxygen atoms in total. The monoisotopic (exact) mass is 308 g/mol. The third kappa shape index (κ3) is 2.81. The van der Waals surface area contributed by atoms with E-state index in [4.69, 9.17) is 10.7 Å². The van der Waals surface area contributed by atoms with Crippen LogP contribution in [0.1, 0.15) is 38.3 Å². The summed E-state index contributed by atoms with van der Waals surface area (Å²) in [6, 6.07) is 0. The minimum absolute atomic E-state index is 0.631. The largest absolute Gasteiger partial charge is 0.375 e. The van der Waals surface area contributed by atoms with Gasteiger partial charge in [-0.15, -0.1) is 11.3 Å². The molecule has 3 heterocycles. The lowest BCUT2D eigenvalue weighted by molar-refractivity contribution is 0.726. The third-order valence-corrected chi connectivity index (χ3v) is 5.51. The van der Waals surface area contributed by atoms with Crippen molar-refractivity contribution >= 4 is 32.9 Å². The van der Waals surface area contributed by atoms with Gasteiger partial charge < -0.3 is 10.6 Å². The Morgan fingerprint density at radius 2 is 1.95 bits per heavy atom. The van der Waals surface area contributed by atoms with Crippen LogP contribution in [0.5, 0.6) is 0 Å². The zero-order valence-electron chi connectivity index (χ0n) is 11.8. The van der Waals surface area contributed by atoms with E-state index in [1.165, 1.54) is 41.9 Å². The maximum Gasteiger partial charge on any atom is 0.186 e. The Morgan fingerprint density at radius 1 is 1.20 bits per heavy atom. The van der Waals surface area contributed by atoms with Crippen LogP contribution in [0.4, 0.5) is 10.3 Å². The SMILES string of the molecule is CCc1nc(N2CCCCCC2)sc1-c1csc(N)n1. The smallest absolute Gasteiger partial charge is 0.186 e. The van der Waals surface area contributed by atoms with E-state index in [-0.39, 0.29) is 0 Å². The number of anilines is 2. The van der Waals surface area contributed by atoms with Crippen LogP contribution in [0.15, 0.2) is 5.38 Å². The Balaban J connectivity index is 1.91. The highest BCUT2D eigenvalue weighted by molar-refractivity contribution is 7.19. The molecule has 0 unspecified atom stereocenters. The van der Waals surface area contributed by atoms with Gasteiger partial charge in [-0.2, -0.15) is 0 Å². The van der Waals surface area contributed by atoms with Gasteiger partial charge in [0.2, 0.25) is 0 Å². The van der Waals surface area contributed by atoms with Crippen LogP contribution >= 0.6 is 22.7 Å². The highest BCUT2D eigenvalue weighted by atomic mass is 32.1.